The lowest BCUT2D eigenvalue weighted by Gasteiger charge is -2.07. The zero-order chi connectivity index (χ0) is 12.4. The smallest absolute Gasteiger partial charge is 0.265 e. The molecule has 88 valence electrons. The fourth-order valence-corrected chi connectivity index (χ4v) is 2.02. The molecule has 0 fully saturated rings. The van der Waals surface area contributed by atoms with E-state index in [0.29, 0.717) is 16.7 Å². The van der Waals surface area contributed by atoms with Crippen LogP contribution < -0.4 is 11.3 Å². The number of pyridine rings is 1. The van der Waals surface area contributed by atoms with E-state index in [9.17, 15) is 9.18 Å². The van der Waals surface area contributed by atoms with Crippen molar-refractivity contribution in [1.82, 2.24) is 4.57 Å². The first kappa shape index (κ1) is 11.9. The standard InChI is InChI=1S/C12H10BrFN2O/c13-11-5-10(15)7-16(12(11)17)6-8-1-3-9(14)4-2-8/h1-5,7H,6,15H2. The van der Waals surface area contributed by atoms with Crippen LogP contribution in [-0.2, 0) is 6.54 Å². The zero-order valence-corrected chi connectivity index (χ0v) is 10.4. The van der Waals surface area contributed by atoms with Crippen LogP contribution in [0.15, 0.2) is 45.8 Å². The van der Waals surface area contributed by atoms with Gasteiger partial charge in [-0.2, -0.15) is 0 Å². The molecule has 2 rings (SSSR count). The molecule has 0 atom stereocenters. The van der Waals surface area contributed by atoms with E-state index in [-0.39, 0.29) is 11.4 Å². The van der Waals surface area contributed by atoms with Crippen molar-refractivity contribution < 1.29 is 4.39 Å². The van der Waals surface area contributed by atoms with Gasteiger partial charge >= 0.3 is 0 Å². The molecule has 0 unspecified atom stereocenters. The minimum Gasteiger partial charge on any atom is -0.398 e. The van der Waals surface area contributed by atoms with Crippen molar-refractivity contribution >= 4 is 21.6 Å². The van der Waals surface area contributed by atoms with Gasteiger partial charge in [0.2, 0.25) is 0 Å². The first-order chi connectivity index (χ1) is 8.06. The Hall–Kier alpha value is -1.62. The van der Waals surface area contributed by atoms with Gasteiger partial charge in [-0.3, -0.25) is 4.79 Å². The molecule has 1 aromatic carbocycles. The highest BCUT2D eigenvalue weighted by molar-refractivity contribution is 9.10. The third-order valence-electron chi connectivity index (χ3n) is 2.33. The molecule has 0 aliphatic carbocycles. The molecule has 5 heteroatoms. The lowest BCUT2D eigenvalue weighted by Crippen LogP contribution is -2.21. The normalized spacial score (nSPS) is 10.5. The molecule has 0 bridgehead atoms. The summed E-state index contributed by atoms with van der Waals surface area (Å²) < 4.78 is 14.6. The third kappa shape index (κ3) is 2.74. The molecule has 0 aliphatic rings. The van der Waals surface area contributed by atoms with Gasteiger partial charge in [0.15, 0.2) is 0 Å². The van der Waals surface area contributed by atoms with Crippen LogP contribution in [0.3, 0.4) is 0 Å². The Morgan fingerprint density at radius 2 is 1.94 bits per heavy atom. The van der Waals surface area contributed by atoms with Crippen molar-refractivity contribution in [2.45, 2.75) is 6.54 Å². The van der Waals surface area contributed by atoms with Gasteiger partial charge in [-0.15, -0.1) is 0 Å². The second kappa shape index (κ2) is 4.71. The fourth-order valence-electron chi connectivity index (χ4n) is 1.53. The molecule has 0 saturated heterocycles. The second-order valence-corrected chi connectivity index (χ2v) is 4.54. The number of halogens is 2. The lowest BCUT2D eigenvalue weighted by molar-refractivity contribution is 0.626. The monoisotopic (exact) mass is 296 g/mol. The number of rotatable bonds is 2. The van der Waals surface area contributed by atoms with Crippen LogP contribution >= 0.6 is 15.9 Å². The Bertz CT molecular complexity index is 592. The Morgan fingerprint density at radius 3 is 2.59 bits per heavy atom. The van der Waals surface area contributed by atoms with Crippen LogP contribution in [0.25, 0.3) is 0 Å². The van der Waals surface area contributed by atoms with Crippen molar-refractivity contribution in [2.24, 2.45) is 0 Å². The molecular formula is C12H10BrFN2O. The van der Waals surface area contributed by atoms with Gasteiger partial charge in [-0.05, 0) is 39.7 Å². The number of benzene rings is 1. The maximum atomic E-state index is 12.7. The van der Waals surface area contributed by atoms with Gasteiger partial charge in [0, 0.05) is 11.9 Å². The molecule has 0 amide bonds. The minimum absolute atomic E-state index is 0.163. The lowest BCUT2D eigenvalue weighted by atomic mass is 10.2. The summed E-state index contributed by atoms with van der Waals surface area (Å²) >= 11 is 3.15. The number of nitrogen functional groups attached to an aromatic ring is 1. The van der Waals surface area contributed by atoms with Gasteiger partial charge in [0.05, 0.1) is 11.0 Å². The van der Waals surface area contributed by atoms with Gasteiger partial charge < -0.3 is 10.3 Å². The van der Waals surface area contributed by atoms with E-state index in [2.05, 4.69) is 15.9 Å². The van der Waals surface area contributed by atoms with Crippen molar-refractivity contribution in [3.8, 4) is 0 Å². The van der Waals surface area contributed by atoms with Gasteiger partial charge in [-0.1, -0.05) is 12.1 Å². The Morgan fingerprint density at radius 1 is 1.29 bits per heavy atom. The van der Waals surface area contributed by atoms with Gasteiger partial charge in [0.25, 0.3) is 5.56 Å². The summed E-state index contributed by atoms with van der Waals surface area (Å²) in [6.07, 6.45) is 1.57. The average Bonchev–Trinajstić information content (AvgIpc) is 2.28. The van der Waals surface area contributed by atoms with Gasteiger partial charge in [-0.25, -0.2) is 4.39 Å². The van der Waals surface area contributed by atoms with Crippen LogP contribution in [0.5, 0.6) is 0 Å². The SMILES string of the molecule is Nc1cc(Br)c(=O)n(Cc2ccc(F)cc2)c1. The highest BCUT2D eigenvalue weighted by atomic mass is 79.9. The molecule has 2 N–H and O–H groups in total. The van der Waals surface area contributed by atoms with E-state index in [0.717, 1.165) is 5.56 Å². The summed E-state index contributed by atoms with van der Waals surface area (Å²) in [5.41, 5.74) is 6.83. The average molecular weight is 297 g/mol. The summed E-state index contributed by atoms with van der Waals surface area (Å²) in [6, 6.07) is 7.56. The molecule has 1 heterocycles. The number of nitrogens with zero attached hydrogens (tertiary/aromatic N) is 1. The Balaban J connectivity index is 2.36. The molecule has 17 heavy (non-hydrogen) atoms. The highest BCUT2D eigenvalue weighted by Gasteiger charge is 2.03. The molecule has 0 radical (unpaired) electrons. The van der Waals surface area contributed by atoms with Crippen LogP contribution in [0.1, 0.15) is 5.56 Å². The predicted octanol–water partition coefficient (Wildman–Crippen LogP) is 2.38. The van der Waals surface area contributed by atoms with Crippen molar-refractivity contribution in [2.75, 3.05) is 5.73 Å². The van der Waals surface area contributed by atoms with Gasteiger partial charge in [0.1, 0.15) is 5.82 Å². The molecule has 3 nitrogen and oxygen atoms in total. The van der Waals surface area contributed by atoms with Crippen molar-refractivity contribution in [1.29, 1.82) is 0 Å². The molecule has 0 saturated carbocycles. The van der Waals surface area contributed by atoms with E-state index < -0.39 is 0 Å². The predicted molar refractivity (Wildman–Crippen MR) is 68.3 cm³/mol. The van der Waals surface area contributed by atoms with Crippen LogP contribution in [-0.4, -0.2) is 4.57 Å². The largest absolute Gasteiger partial charge is 0.398 e. The molecule has 0 aliphatic heterocycles. The van der Waals surface area contributed by atoms with Crippen molar-refractivity contribution in [3.05, 3.63) is 62.7 Å². The zero-order valence-electron chi connectivity index (χ0n) is 8.86. The Kier molecular flexibility index (Phi) is 3.28. The van der Waals surface area contributed by atoms with E-state index in [4.69, 9.17) is 5.73 Å². The van der Waals surface area contributed by atoms with E-state index in [1.807, 2.05) is 0 Å². The highest BCUT2D eigenvalue weighted by Crippen LogP contribution is 2.10. The summed E-state index contributed by atoms with van der Waals surface area (Å²) in [5.74, 6) is -0.296. The molecule has 1 aromatic heterocycles. The number of aromatic nitrogens is 1. The summed E-state index contributed by atoms with van der Waals surface area (Å²) in [4.78, 5) is 11.8. The Labute approximate surface area is 106 Å². The quantitative estimate of drug-likeness (QED) is 0.925. The van der Waals surface area contributed by atoms with E-state index in [1.165, 1.54) is 16.7 Å². The van der Waals surface area contributed by atoms with Crippen LogP contribution in [0, 0.1) is 5.82 Å². The first-order valence-corrected chi connectivity index (χ1v) is 5.75. The number of nitrogens with two attached hydrogens (primary N) is 1. The topological polar surface area (TPSA) is 48.0 Å². The summed E-state index contributed by atoms with van der Waals surface area (Å²) in [7, 11) is 0. The van der Waals surface area contributed by atoms with E-state index in [1.54, 1.807) is 24.4 Å². The fraction of sp³-hybridized carbons (Fsp3) is 0.0833. The number of anilines is 1. The molecular weight excluding hydrogens is 287 g/mol. The van der Waals surface area contributed by atoms with Crippen LogP contribution in [0.2, 0.25) is 0 Å². The number of hydrogen-bond acceptors (Lipinski definition) is 2. The maximum Gasteiger partial charge on any atom is 0.265 e. The molecule has 2 aromatic rings. The number of hydrogen-bond donors (Lipinski definition) is 1. The summed E-state index contributed by atoms with van der Waals surface area (Å²) in [5, 5.41) is 0. The summed E-state index contributed by atoms with van der Waals surface area (Å²) in [6.45, 7) is 0.364. The third-order valence-corrected chi connectivity index (χ3v) is 2.90. The van der Waals surface area contributed by atoms with E-state index >= 15 is 0 Å². The second-order valence-electron chi connectivity index (χ2n) is 3.68. The molecule has 0 spiro atoms. The minimum atomic E-state index is -0.296. The van der Waals surface area contributed by atoms with Crippen molar-refractivity contribution in [3.63, 3.8) is 0 Å². The van der Waals surface area contributed by atoms with Crippen LogP contribution in [0.4, 0.5) is 10.1 Å². The first-order valence-electron chi connectivity index (χ1n) is 4.96. The maximum absolute atomic E-state index is 12.7.